The standard InChI is InChI=1S/C19H19ClN2O3S/c1-13-9-10-15(20)11-17(13)22-19(23)21(12-14-5-4-6-14)16-7-2-3-8-18(16)26(22,24)25/h2-3,7-11,14H,4-6,12H2,1H3. The van der Waals surface area contributed by atoms with Crippen molar-refractivity contribution in [3.8, 4) is 0 Å². The van der Waals surface area contributed by atoms with Gasteiger partial charge in [-0.15, -0.1) is 0 Å². The molecule has 0 radical (unpaired) electrons. The van der Waals surface area contributed by atoms with Gasteiger partial charge in [0.15, 0.2) is 0 Å². The van der Waals surface area contributed by atoms with Crippen LogP contribution in [0.1, 0.15) is 24.8 Å². The van der Waals surface area contributed by atoms with Gasteiger partial charge < -0.3 is 0 Å². The third-order valence-electron chi connectivity index (χ3n) is 5.13. The minimum atomic E-state index is -4.00. The quantitative estimate of drug-likeness (QED) is 0.770. The fourth-order valence-corrected chi connectivity index (χ4v) is 5.27. The molecule has 0 unspecified atom stereocenters. The van der Waals surface area contributed by atoms with Crippen molar-refractivity contribution in [2.24, 2.45) is 5.92 Å². The summed E-state index contributed by atoms with van der Waals surface area (Å²) in [5, 5.41) is 0.387. The van der Waals surface area contributed by atoms with Gasteiger partial charge in [0, 0.05) is 11.6 Å². The second kappa shape index (κ2) is 6.28. The van der Waals surface area contributed by atoms with Gasteiger partial charge in [0.25, 0.3) is 10.0 Å². The van der Waals surface area contributed by atoms with Gasteiger partial charge in [-0.05, 0) is 55.5 Å². The Bertz CT molecular complexity index is 986. The number of carbonyl (C=O) groups excluding carboxylic acids is 1. The maximum absolute atomic E-state index is 13.3. The zero-order chi connectivity index (χ0) is 18.5. The van der Waals surface area contributed by atoms with Crippen molar-refractivity contribution in [2.45, 2.75) is 31.1 Å². The highest BCUT2D eigenvalue weighted by atomic mass is 35.5. The zero-order valence-corrected chi connectivity index (χ0v) is 15.9. The summed E-state index contributed by atoms with van der Waals surface area (Å²) >= 11 is 6.08. The number of benzene rings is 2. The fourth-order valence-electron chi connectivity index (χ4n) is 3.46. The van der Waals surface area contributed by atoms with Gasteiger partial charge in [-0.2, -0.15) is 4.31 Å². The van der Waals surface area contributed by atoms with Crippen molar-refractivity contribution in [2.75, 3.05) is 15.7 Å². The van der Waals surface area contributed by atoms with Gasteiger partial charge in [-0.25, -0.2) is 13.2 Å². The lowest BCUT2D eigenvalue weighted by atomic mass is 9.85. The molecule has 2 aromatic carbocycles. The van der Waals surface area contributed by atoms with E-state index in [9.17, 15) is 13.2 Å². The molecule has 2 aliphatic rings. The predicted molar refractivity (Wildman–Crippen MR) is 102 cm³/mol. The van der Waals surface area contributed by atoms with Crippen LogP contribution >= 0.6 is 11.6 Å². The molecule has 4 rings (SSSR count). The number of nitrogens with zero attached hydrogens (tertiary/aromatic N) is 2. The van der Waals surface area contributed by atoms with Gasteiger partial charge in [0.05, 0.1) is 11.4 Å². The number of halogens is 1. The minimum absolute atomic E-state index is 0.151. The lowest BCUT2D eigenvalue weighted by Gasteiger charge is -2.39. The molecule has 0 bridgehead atoms. The Hall–Kier alpha value is -2.05. The van der Waals surface area contributed by atoms with Gasteiger partial charge in [0.1, 0.15) is 4.90 Å². The number of anilines is 2. The van der Waals surface area contributed by atoms with E-state index < -0.39 is 16.1 Å². The molecular weight excluding hydrogens is 372 g/mol. The van der Waals surface area contributed by atoms with Crippen LogP contribution < -0.4 is 9.21 Å². The smallest absolute Gasteiger partial charge is 0.292 e. The second-order valence-electron chi connectivity index (χ2n) is 6.86. The van der Waals surface area contributed by atoms with Crippen molar-refractivity contribution in [3.05, 3.63) is 53.1 Å². The monoisotopic (exact) mass is 390 g/mol. The number of urea groups is 1. The third kappa shape index (κ3) is 2.68. The van der Waals surface area contributed by atoms with Crippen molar-refractivity contribution < 1.29 is 13.2 Å². The summed E-state index contributed by atoms with van der Waals surface area (Å²) in [7, 11) is -4.00. The van der Waals surface area contributed by atoms with Gasteiger partial charge >= 0.3 is 6.03 Å². The van der Waals surface area contributed by atoms with E-state index in [0.29, 0.717) is 34.4 Å². The van der Waals surface area contributed by atoms with Gasteiger partial charge in [-0.1, -0.05) is 36.2 Å². The van der Waals surface area contributed by atoms with Crippen molar-refractivity contribution in [1.82, 2.24) is 0 Å². The molecule has 5 nitrogen and oxygen atoms in total. The average molecular weight is 391 g/mol. The van der Waals surface area contributed by atoms with Crippen LogP contribution in [0.2, 0.25) is 5.02 Å². The summed E-state index contributed by atoms with van der Waals surface area (Å²) in [5.41, 5.74) is 1.44. The lowest BCUT2D eigenvalue weighted by Crippen LogP contribution is -2.53. The largest absolute Gasteiger partial charge is 0.343 e. The molecule has 1 aliphatic heterocycles. The molecule has 0 atom stereocenters. The molecule has 0 saturated heterocycles. The molecule has 26 heavy (non-hydrogen) atoms. The summed E-state index contributed by atoms with van der Waals surface area (Å²) in [6, 6.07) is 11.1. The van der Waals surface area contributed by atoms with Crippen LogP contribution in [0.25, 0.3) is 0 Å². The first-order valence-corrected chi connectivity index (χ1v) is 10.4. The Balaban J connectivity index is 1.89. The molecule has 2 aromatic rings. The Kier molecular flexibility index (Phi) is 4.20. The molecule has 2 amide bonds. The molecule has 1 aliphatic carbocycles. The summed E-state index contributed by atoms with van der Waals surface area (Å²) < 4.78 is 27.4. The number of hydrogen-bond acceptors (Lipinski definition) is 3. The number of hydrogen-bond donors (Lipinski definition) is 0. The third-order valence-corrected chi connectivity index (χ3v) is 7.10. The SMILES string of the molecule is Cc1ccc(Cl)cc1N1C(=O)N(CC2CCC2)c2ccccc2S1(=O)=O. The Morgan fingerprint density at radius 3 is 2.54 bits per heavy atom. The van der Waals surface area contributed by atoms with Crippen LogP contribution in [0.3, 0.4) is 0 Å². The van der Waals surface area contributed by atoms with E-state index in [1.165, 1.54) is 6.07 Å². The Morgan fingerprint density at radius 2 is 1.85 bits per heavy atom. The summed E-state index contributed by atoms with van der Waals surface area (Å²) in [4.78, 5) is 15.0. The van der Waals surface area contributed by atoms with Crippen molar-refractivity contribution in [3.63, 3.8) is 0 Å². The number of rotatable bonds is 3. The summed E-state index contributed by atoms with van der Waals surface area (Å²) in [5.74, 6) is 0.412. The predicted octanol–water partition coefficient (Wildman–Crippen LogP) is 4.58. The maximum Gasteiger partial charge on any atom is 0.343 e. The maximum atomic E-state index is 13.3. The minimum Gasteiger partial charge on any atom is -0.292 e. The van der Waals surface area contributed by atoms with Crippen LogP contribution in [0.5, 0.6) is 0 Å². The van der Waals surface area contributed by atoms with Crippen LogP contribution in [0.15, 0.2) is 47.4 Å². The van der Waals surface area contributed by atoms with E-state index in [4.69, 9.17) is 11.6 Å². The summed E-state index contributed by atoms with van der Waals surface area (Å²) in [6.45, 7) is 2.30. The number of sulfonamides is 1. The van der Waals surface area contributed by atoms with Crippen molar-refractivity contribution in [1.29, 1.82) is 0 Å². The van der Waals surface area contributed by atoms with Crippen LogP contribution in [0, 0.1) is 12.8 Å². The lowest BCUT2D eigenvalue weighted by molar-refractivity contribution is 0.248. The van der Waals surface area contributed by atoms with Gasteiger partial charge in [-0.3, -0.25) is 4.90 Å². The van der Waals surface area contributed by atoms with Gasteiger partial charge in [0.2, 0.25) is 0 Å². The fraction of sp³-hybridized carbons (Fsp3) is 0.316. The van der Waals surface area contributed by atoms with E-state index >= 15 is 0 Å². The summed E-state index contributed by atoms with van der Waals surface area (Å²) in [6.07, 6.45) is 3.29. The molecule has 1 saturated carbocycles. The average Bonchev–Trinajstić information content (AvgIpc) is 2.56. The number of fused-ring (bicyclic) bond motifs is 1. The number of aryl methyl sites for hydroxylation is 1. The number of amides is 2. The molecule has 136 valence electrons. The van der Waals surface area contributed by atoms with E-state index in [1.807, 2.05) is 0 Å². The van der Waals surface area contributed by atoms with E-state index in [-0.39, 0.29) is 4.90 Å². The molecular formula is C19H19ClN2O3S. The molecule has 0 N–H and O–H groups in total. The number of para-hydroxylation sites is 1. The number of carbonyl (C=O) groups is 1. The van der Waals surface area contributed by atoms with Crippen molar-refractivity contribution >= 4 is 39.0 Å². The van der Waals surface area contributed by atoms with Crippen LogP contribution in [0.4, 0.5) is 16.2 Å². The first-order chi connectivity index (χ1) is 12.4. The van der Waals surface area contributed by atoms with Crippen LogP contribution in [-0.4, -0.2) is 21.0 Å². The molecule has 7 heteroatoms. The Labute approximate surface area is 158 Å². The molecule has 1 heterocycles. The first-order valence-electron chi connectivity index (χ1n) is 8.61. The van der Waals surface area contributed by atoms with E-state index in [1.54, 1.807) is 48.2 Å². The molecule has 0 spiro atoms. The normalized spacial score (nSPS) is 19.2. The molecule has 1 fully saturated rings. The second-order valence-corrected chi connectivity index (χ2v) is 9.05. The topological polar surface area (TPSA) is 57.7 Å². The van der Waals surface area contributed by atoms with E-state index in [2.05, 4.69) is 0 Å². The van der Waals surface area contributed by atoms with E-state index in [0.717, 1.165) is 23.6 Å². The highest BCUT2D eigenvalue weighted by molar-refractivity contribution is 7.94. The highest BCUT2D eigenvalue weighted by Crippen LogP contribution is 2.40. The first kappa shape index (κ1) is 17.4. The molecule has 0 aromatic heterocycles. The highest BCUT2D eigenvalue weighted by Gasteiger charge is 2.43. The zero-order valence-electron chi connectivity index (χ0n) is 14.4. The Morgan fingerprint density at radius 1 is 1.12 bits per heavy atom. The van der Waals surface area contributed by atoms with Crippen LogP contribution in [-0.2, 0) is 10.0 Å².